The molecule has 0 bridgehead atoms. The fraction of sp³-hybridized carbons (Fsp3) is 0.533. The molecule has 3 rings (SSSR count). The van der Waals surface area contributed by atoms with Crippen molar-refractivity contribution in [2.45, 2.75) is 45.1 Å². The highest BCUT2D eigenvalue weighted by molar-refractivity contribution is 5.47. The van der Waals surface area contributed by atoms with Gasteiger partial charge in [0.25, 0.3) is 0 Å². The number of aliphatic hydroxyl groups is 1. The molecule has 5 nitrogen and oxygen atoms in total. The second-order valence-corrected chi connectivity index (χ2v) is 5.49. The van der Waals surface area contributed by atoms with E-state index in [2.05, 4.69) is 15.1 Å². The third-order valence-corrected chi connectivity index (χ3v) is 3.89. The van der Waals surface area contributed by atoms with Crippen LogP contribution in [0.25, 0.3) is 11.5 Å². The minimum absolute atomic E-state index is 0.238. The van der Waals surface area contributed by atoms with Crippen molar-refractivity contribution >= 4 is 0 Å². The number of aryl methyl sites for hydroxylation is 1. The van der Waals surface area contributed by atoms with Gasteiger partial charge in [-0.05, 0) is 37.8 Å². The lowest BCUT2D eigenvalue weighted by Crippen LogP contribution is -2.26. The van der Waals surface area contributed by atoms with E-state index in [0.717, 1.165) is 30.7 Å². The van der Waals surface area contributed by atoms with Crippen LogP contribution in [0.2, 0.25) is 0 Å². The summed E-state index contributed by atoms with van der Waals surface area (Å²) in [5, 5.41) is 14.0. The average molecular weight is 273 g/mol. The molecule has 0 amide bonds. The normalized spacial score (nSPS) is 22.9. The highest BCUT2D eigenvalue weighted by Crippen LogP contribution is 2.27. The van der Waals surface area contributed by atoms with Gasteiger partial charge in [0.15, 0.2) is 0 Å². The maximum atomic E-state index is 9.99. The predicted octanol–water partition coefficient (Wildman–Crippen LogP) is 2.53. The Labute approximate surface area is 118 Å². The number of aliphatic hydroxyl groups excluding tert-OH is 1. The number of nitrogens with zero attached hydrogens (tertiary/aromatic N) is 3. The first-order valence-corrected chi connectivity index (χ1v) is 7.17. The summed E-state index contributed by atoms with van der Waals surface area (Å²) in [6.07, 6.45) is 4.60. The molecule has 1 N–H and O–H groups in total. The molecule has 20 heavy (non-hydrogen) atoms. The Balaban J connectivity index is 1.73. The molecule has 0 spiro atoms. The van der Waals surface area contributed by atoms with E-state index in [9.17, 15) is 5.11 Å². The summed E-state index contributed by atoms with van der Waals surface area (Å²) >= 11 is 0. The van der Waals surface area contributed by atoms with Crippen molar-refractivity contribution in [3.05, 3.63) is 29.8 Å². The first-order valence-electron chi connectivity index (χ1n) is 7.17. The average Bonchev–Trinajstić information content (AvgIpc) is 2.90. The SMILES string of the molecule is Cc1cccc(-c2noc(CC3CCCCC3O)n2)n1. The number of hydrogen-bond donors (Lipinski definition) is 1. The predicted molar refractivity (Wildman–Crippen MR) is 73.9 cm³/mol. The summed E-state index contributed by atoms with van der Waals surface area (Å²) in [6, 6.07) is 5.73. The fourth-order valence-electron chi connectivity index (χ4n) is 2.76. The van der Waals surface area contributed by atoms with Crippen LogP contribution in [0.15, 0.2) is 22.7 Å². The van der Waals surface area contributed by atoms with E-state index < -0.39 is 0 Å². The second kappa shape index (κ2) is 5.71. The summed E-state index contributed by atoms with van der Waals surface area (Å²) in [6.45, 7) is 1.93. The van der Waals surface area contributed by atoms with Crippen LogP contribution < -0.4 is 0 Å². The Morgan fingerprint density at radius 2 is 2.10 bits per heavy atom. The lowest BCUT2D eigenvalue weighted by atomic mass is 9.84. The summed E-state index contributed by atoms with van der Waals surface area (Å²) in [7, 11) is 0. The van der Waals surface area contributed by atoms with Crippen LogP contribution in [0.1, 0.15) is 37.3 Å². The number of aromatic nitrogens is 3. The maximum absolute atomic E-state index is 9.99. The third kappa shape index (κ3) is 2.88. The summed E-state index contributed by atoms with van der Waals surface area (Å²) < 4.78 is 5.30. The molecule has 0 aromatic carbocycles. The number of pyridine rings is 1. The van der Waals surface area contributed by atoms with E-state index in [1.807, 2.05) is 25.1 Å². The van der Waals surface area contributed by atoms with Gasteiger partial charge in [0.1, 0.15) is 5.69 Å². The van der Waals surface area contributed by atoms with Crippen molar-refractivity contribution in [2.24, 2.45) is 5.92 Å². The van der Waals surface area contributed by atoms with E-state index in [-0.39, 0.29) is 12.0 Å². The fourth-order valence-corrected chi connectivity index (χ4v) is 2.76. The van der Waals surface area contributed by atoms with E-state index in [1.165, 1.54) is 6.42 Å². The molecule has 1 aliphatic rings. The Kier molecular flexibility index (Phi) is 3.78. The summed E-state index contributed by atoms with van der Waals surface area (Å²) in [4.78, 5) is 8.78. The highest BCUT2D eigenvalue weighted by Gasteiger charge is 2.25. The van der Waals surface area contributed by atoms with Crippen LogP contribution in [0, 0.1) is 12.8 Å². The molecule has 2 heterocycles. The molecule has 2 atom stereocenters. The largest absolute Gasteiger partial charge is 0.393 e. The van der Waals surface area contributed by atoms with Crippen LogP contribution in [0.3, 0.4) is 0 Å². The van der Waals surface area contributed by atoms with E-state index in [4.69, 9.17) is 4.52 Å². The zero-order chi connectivity index (χ0) is 13.9. The lowest BCUT2D eigenvalue weighted by Gasteiger charge is -2.26. The topological polar surface area (TPSA) is 72.0 Å². The summed E-state index contributed by atoms with van der Waals surface area (Å²) in [5.41, 5.74) is 1.65. The molecule has 0 aliphatic heterocycles. The molecular formula is C15H19N3O2. The van der Waals surface area contributed by atoms with Crippen molar-refractivity contribution in [2.75, 3.05) is 0 Å². The standard InChI is InChI=1S/C15H19N3O2/c1-10-5-4-7-12(16-10)15-17-14(20-18-15)9-11-6-2-3-8-13(11)19/h4-5,7,11,13,19H,2-3,6,8-9H2,1H3. The van der Waals surface area contributed by atoms with Crippen LogP contribution in [0.4, 0.5) is 0 Å². The van der Waals surface area contributed by atoms with E-state index >= 15 is 0 Å². The molecular weight excluding hydrogens is 254 g/mol. The van der Waals surface area contributed by atoms with Crippen molar-refractivity contribution in [3.63, 3.8) is 0 Å². The highest BCUT2D eigenvalue weighted by atomic mass is 16.5. The van der Waals surface area contributed by atoms with Gasteiger partial charge in [0.2, 0.25) is 11.7 Å². The Hall–Kier alpha value is -1.75. The molecule has 1 fully saturated rings. The first-order chi connectivity index (χ1) is 9.72. The number of hydrogen-bond acceptors (Lipinski definition) is 5. The van der Waals surface area contributed by atoms with Crippen LogP contribution >= 0.6 is 0 Å². The second-order valence-electron chi connectivity index (χ2n) is 5.49. The molecule has 1 saturated carbocycles. The van der Waals surface area contributed by atoms with Gasteiger partial charge in [-0.1, -0.05) is 24.1 Å². The van der Waals surface area contributed by atoms with E-state index in [0.29, 0.717) is 18.1 Å². The Bertz CT molecular complexity index is 582. The van der Waals surface area contributed by atoms with Gasteiger partial charge < -0.3 is 9.63 Å². The van der Waals surface area contributed by atoms with Gasteiger partial charge in [0, 0.05) is 12.1 Å². The molecule has 5 heteroatoms. The van der Waals surface area contributed by atoms with E-state index in [1.54, 1.807) is 0 Å². The number of rotatable bonds is 3. The molecule has 106 valence electrons. The van der Waals surface area contributed by atoms with Gasteiger partial charge in [-0.25, -0.2) is 4.98 Å². The Morgan fingerprint density at radius 3 is 2.90 bits per heavy atom. The maximum Gasteiger partial charge on any atom is 0.227 e. The van der Waals surface area contributed by atoms with Crippen LogP contribution in [-0.4, -0.2) is 26.3 Å². The summed E-state index contributed by atoms with van der Waals surface area (Å²) in [5.74, 6) is 1.35. The molecule has 0 radical (unpaired) electrons. The minimum atomic E-state index is -0.240. The van der Waals surface area contributed by atoms with Crippen LogP contribution in [-0.2, 0) is 6.42 Å². The van der Waals surface area contributed by atoms with Crippen LogP contribution in [0.5, 0.6) is 0 Å². The van der Waals surface area contributed by atoms with Gasteiger partial charge in [-0.3, -0.25) is 0 Å². The smallest absolute Gasteiger partial charge is 0.227 e. The van der Waals surface area contributed by atoms with Crippen molar-refractivity contribution in [1.82, 2.24) is 15.1 Å². The lowest BCUT2D eigenvalue weighted by molar-refractivity contribution is 0.0657. The zero-order valence-corrected chi connectivity index (χ0v) is 11.6. The van der Waals surface area contributed by atoms with Gasteiger partial charge in [-0.2, -0.15) is 4.98 Å². The molecule has 2 aromatic heterocycles. The molecule has 0 saturated heterocycles. The Morgan fingerprint density at radius 1 is 1.25 bits per heavy atom. The molecule has 2 unspecified atom stereocenters. The van der Waals surface area contributed by atoms with Gasteiger partial charge in [-0.15, -0.1) is 0 Å². The monoisotopic (exact) mass is 273 g/mol. The van der Waals surface area contributed by atoms with Crippen molar-refractivity contribution in [1.29, 1.82) is 0 Å². The molecule has 1 aliphatic carbocycles. The van der Waals surface area contributed by atoms with Gasteiger partial charge >= 0.3 is 0 Å². The van der Waals surface area contributed by atoms with Gasteiger partial charge in [0.05, 0.1) is 6.10 Å². The minimum Gasteiger partial charge on any atom is -0.393 e. The van der Waals surface area contributed by atoms with Crippen molar-refractivity contribution < 1.29 is 9.63 Å². The quantitative estimate of drug-likeness (QED) is 0.930. The third-order valence-electron chi connectivity index (χ3n) is 3.89. The first kappa shape index (κ1) is 13.2. The zero-order valence-electron chi connectivity index (χ0n) is 11.6. The van der Waals surface area contributed by atoms with Crippen molar-refractivity contribution in [3.8, 4) is 11.5 Å². The molecule has 2 aromatic rings.